The highest BCUT2D eigenvalue weighted by Gasteiger charge is 2.30. The van der Waals surface area contributed by atoms with Crippen molar-refractivity contribution in [3.8, 4) is 0 Å². The highest BCUT2D eigenvalue weighted by Crippen LogP contribution is 2.19. The molecule has 3 nitrogen and oxygen atoms in total. The Bertz CT molecular complexity index is 138. The fraction of sp³-hybridized carbons (Fsp3) is 0.875. The molecule has 0 spiro atoms. The zero-order valence-corrected chi connectivity index (χ0v) is 7.89. The molecule has 11 heavy (non-hydrogen) atoms. The van der Waals surface area contributed by atoms with Gasteiger partial charge < -0.3 is 10.1 Å². The fourth-order valence-electron chi connectivity index (χ4n) is 1.02. The van der Waals surface area contributed by atoms with E-state index in [2.05, 4.69) is 10.1 Å². The first kappa shape index (κ1) is 10.4. The molecule has 0 aliphatic heterocycles. The highest BCUT2D eigenvalue weighted by atomic mass is 16.5. The van der Waals surface area contributed by atoms with Crippen LogP contribution < -0.4 is 5.32 Å². The molecule has 66 valence electrons. The molecular weight excluding hydrogens is 142 g/mol. The Morgan fingerprint density at radius 3 is 2.00 bits per heavy atom. The average Bonchev–Trinajstić information content (AvgIpc) is 1.86. The second kappa shape index (κ2) is 3.72. The van der Waals surface area contributed by atoms with Crippen LogP contribution in [0.25, 0.3) is 0 Å². The summed E-state index contributed by atoms with van der Waals surface area (Å²) < 4.78 is 4.63. The van der Waals surface area contributed by atoms with E-state index in [0.29, 0.717) is 0 Å². The van der Waals surface area contributed by atoms with Gasteiger partial charge in [-0.15, -0.1) is 0 Å². The van der Waals surface area contributed by atoms with E-state index in [0.717, 1.165) is 0 Å². The van der Waals surface area contributed by atoms with Crippen molar-refractivity contribution in [1.29, 1.82) is 0 Å². The molecule has 0 aromatic heterocycles. The lowest BCUT2D eigenvalue weighted by Gasteiger charge is -2.27. The maximum absolute atomic E-state index is 11.1. The molecule has 0 aliphatic rings. The van der Waals surface area contributed by atoms with Gasteiger partial charge in [0.05, 0.1) is 7.11 Å². The van der Waals surface area contributed by atoms with Crippen molar-refractivity contribution in [3.63, 3.8) is 0 Å². The molecule has 0 bridgehead atoms. The minimum absolute atomic E-state index is 0.0954. The fourth-order valence-corrected chi connectivity index (χ4v) is 1.02. The minimum Gasteiger partial charge on any atom is -0.468 e. The van der Waals surface area contributed by atoms with Crippen molar-refractivity contribution in [2.45, 2.75) is 26.8 Å². The van der Waals surface area contributed by atoms with Gasteiger partial charge in [0.15, 0.2) is 0 Å². The van der Waals surface area contributed by atoms with Crippen molar-refractivity contribution in [2.24, 2.45) is 5.41 Å². The van der Waals surface area contributed by atoms with Gasteiger partial charge in [0.1, 0.15) is 6.04 Å². The predicted octanol–water partition coefficient (Wildman–Crippen LogP) is 0.793. The van der Waals surface area contributed by atoms with Gasteiger partial charge in [0.2, 0.25) is 0 Å². The average molecular weight is 159 g/mol. The number of likely N-dealkylation sites (N-methyl/N-ethyl adjacent to an activating group) is 1. The van der Waals surface area contributed by atoms with Crippen LogP contribution in [-0.4, -0.2) is 26.2 Å². The van der Waals surface area contributed by atoms with E-state index in [1.807, 2.05) is 20.8 Å². The zero-order chi connectivity index (χ0) is 9.07. The number of rotatable bonds is 2. The van der Waals surface area contributed by atoms with Crippen molar-refractivity contribution in [2.75, 3.05) is 14.2 Å². The third-order valence-corrected chi connectivity index (χ3v) is 1.59. The summed E-state index contributed by atoms with van der Waals surface area (Å²) >= 11 is 0. The summed E-state index contributed by atoms with van der Waals surface area (Å²) in [5, 5.41) is 2.92. The number of carbonyl (C=O) groups is 1. The van der Waals surface area contributed by atoms with Crippen LogP contribution in [0.5, 0.6) is 0 Å². The van der Waals surface area contributed by atoms with Crippen LogP contribution >= 0.6 is 0 Å². The van der Waals surface area contributed by atoms with Gasteiger partial charge in [0, 0.05) is 0 Å². The molecule has 0 unspecified atom stereocenters. The normalized spacial score (nSPS) is 14.3. The lowest BCUT2D eigenvalue weighted by atomic mass is 9.87. The molecule has 0 saturated heterocycles. The molecule has 0 rings (SSSR count). The van der Waals surface area contributed by atoms with E-state index in [1.54, 1.807) is 7.05 Å². The summed E-state index contributed by atoms with van der Waals surface area (Å²) in [4.78, 5) is 11.1. The van der Waals surface area contributed by atoms with Crippen LogP contribution in [0.3, 0.4) is 0 Å². The van der Waals surface area contributed by atoms with Crippen LogP contribution in [0, 0.1) is 5.41 Å². The number of hydrogen-bond acceptors (Lipinski definition) is 3. The standard InChI is InChI=1S/C8H17NO2/c1-8(2,3)6(9-4)7(10)11-5/h6,9H,1-5H3/t6-/m0/s1. The number of carbonyl (C=O) groups excluding carboxylic acids is 1. The lowest BCUT2D eigenvalue weighted by Crippen LogP contribution is -2.45. The van der Waals surface area contributed by atoms with Gasteiger partial charge in [-0.2, -0.15) is 0 Å². The van der Waals surface area contributed by atoms with Crippen LogP contribution in [0.4, 0.5) is 0 Å². The number of esters is 1. The topological polar surface area (TPSA) is 38.3 Å². The van der Waals surface area contributed by atoms with Gasteiger partial charge >= 0.3 is 5.97 Å². The smallest absolute Gasteiger partial charge is 0.323 e. The molecule has 3 heteroatoms. The second-order valence-electron chi connectivity index (χ2n) is 3.61. The molecule has 0 fully saturated rings. The Hall–Kier alpha value is -0.570. The first-order valence-corrected chi connectivity index (χ1v) is 3.68. The maximum atomic E-state index is 11.1. The predicted molar refractivity (Wildman–Crippen MR) is 44.3 cm³/mol. The summed E-state index contributed by atoms with van der Waals surface area (Å²) in [6.07, 6.45) is 0. The van der Waals surface area contributed by atoms with Crippen molar-refractivity contribution in [3.05, 3.63) is 0 Å². The molecular formula is C8H17NO2. The lowest BCUT2D eigenvalue weighted by molar-refractivity contribution is -0.145. The Kier molecular flexibility index (Phi) is 3.52. The molecule has 0 saturated carbocycles. The number of ether oxygens (including phenoxy) is 1. The van der Waals surface area contributed by atoms with Gasteiger partial charge in [0.25, 0.3) is 0 Å². The van der Waals surface area contributed by atoms with E-state index in [4.69, 9.17) is 0 Å². The molecule has 1 N–H and O–H groups in total. The summed E-state index contributed by atoms with van der Waals surface area (Å²) in [6.45, 7) is 5.97. The maximum Gasteiger partial charge on any atom is 0.323 e. The molecule has 0 aliphatic carbocycles. The number of methoxy groups -OCH3 is 1. The summed E-state index contributed by atoms with van der Waals surface area (Å²) in [7, 11) is 3.16. The number of nitrogens with one attached hydrogen (secondary N) is 1. The first-order chi connectivity index (χ1) is 4.93. The second-order valence-corrected chi connectivity index (χ2v) is 3.61. The molecule has 0 amide bonds. The third-order valence-electron chi connectivity index (χ3n) is 1.59. The Morgan fingerprint density at radius 2 is 1.91 bits per heavy atom. The quantitative estimate of drug-likeness (QED) is 0.605. The summed E-state index contributed by atoms with van der Waals surface area (Å²) in [6, 6.07) is -0.229. The monoisotopic (exact) mass is 159 g/mol. The van der Waals surface area contributed by atoms with Crippen molar-refractivity contribution < 1.29 is 9.53 Å². The van der Waals surface area contributed by atoms with Crippen LogP contribution in [0.2, 0.25) is 0 Å². The highest BCUT2D eigenvalue weighted by molar-refractivity contribution is 5.76. The molecule has 0 aromatic carbocycles. The third kappa shape index (κ3) is 2.89. The van der Waals surface area contributed by atoms with E-state index in [-0.39, 0.29) is 17.4 Å². The van der Waals surface area contributed by atoms with Crippen LogP contribution in [0.15, 0.2) is 0 Å². The van der Waals surface area contributed by atoms with E-state index < -0.39 is 0 Å². The zero-order valence-electron chi connectivity index (χ0n) is 7.89. The van der Waals surface area contributed by atoms with E-state index >= 15 is 0 Å². The summed E-state index contributed by atoms with van der Waals surface area (Å²) in [5.74, 6) is -0.208. The Morgan fingerprint density at radius 1 is 1.45 bits per heavy atom. The Balaban J connectivity index is 4.29. The largest absolute Gasteiger partial charge is 0.468 e. The first-order valence-electron chi connectivity index (χ1n) is 3.68. The van der Waals surface area contributed by atoms with E-state index in [9.17, 15) is 4.79 Å². The molecule has 1 atom stereocenters. The van der Waals surface area contributed by atoms with Crippen molar-refractivity contribution in [1.82, 2.24) is 5.32 Å². The molecule has 0 aromatic rings. The minimum atomic E-state index is -0.229. The van der Waals surface area contributed by atoms with Gasteiger partial charge in [-0.1, -0.05) is 20.8 Å². The van der Waals surface area contributed by atoms with Gasteiger partial charge in [-0.05, 0) is 12.5 Å². The van der Waals surface area contributed by atoms with Crippen LogP contribution in [0.1, 0.15) is 20.8 Å². The van der Waals surface area contributed by atoms with Gasteiger partial charge in [-0.25, -0.2) is 0 Å². The molecule has 0 radical (unpaired) electrons. The summed E-state index contributed by atoms with van der Waals surface area (Å²) in [5.41, 5.74) is -0.0954. The number of hydrogen-bond donors (Lipinski definition) is 1. The molecule has 0 heterocycles. The van der Waals surface area contributed by atoms with Crippen molar-refractivity contribution >= 4 is 5.97 Å². The van der Waals surface area contributed by atoms with E-state index in [1.165, 1.54) is 7.11 Å². The SMILES string of the molecule is CN[C@@H](C(=O)OC)C(C)(C)C. The van der Waals surface area contributed by atoms with Crippen LogP contribution in [-0.2, 0) is 9.53 Å². The Labute approximate surface area is 68.1 Å². The van der Waals surface area contributed by atoms with Gasteiger partial charge in [-0.3, -0.25) is 4.79 Å².